The first-order chi connectivity index (χ1) is 18.0. The van der Waals surface area contributed by atoms with Crippen LogP contribution in [0.3, 0.4) is 0 Å². The summed E-state index contributed by atoms with van der Waals surface area (Å²) in [5.74, 6) is -0.452. The molecule has 12 nitrogen and oxygen atoms in total. The highest BCUT2D eigenvalue weighted by molar-refractivity contribution is 6.67. The minimum atomic E-state index is -1.83. The molecule has 3 amide bonds. The van der Waals surface area contributed by atoms with Crippen molar-refractivity contribution in [3.8, 4) is 0 Å². The fraction of sp³-hybridized carbons (Fsp3) is 0.455. The number of hydrogen-bond donors (Lipinski definition) is 1. The molecular formula is C22H23Cl3FN5O7. The topological polar surface area (TPSA) is 127 Å². The number of methoxy groups -OCH3 is 1. The Hall–Kier alpha value is -3.16. The molecule has 2 aromatic rings. The van der Waals surface area contributed by atoms with Gasteiger partial charge in [0, 0.05) is 19.2 Å². The van der Waals surface area contributed by atoms with Crippen molar-refractivity contribution in [3.05, 3.63) is 36.3 Å². The van der Waals surface area contributed by atoms with E-state index in [2.05, 4.69) is 15.2 Å². The van der Waals surface area contributed by atoms with Gasteiger partial charge in [-0.3, -0.25) is 9.80 Å². The average Bonchev–Trinajstić information content (AvgIpc) is 3.62. The zero-order valence-corrected chi connectivity index (χ0v) is 22.2. The summed E-state index contributed by atoms with van der Waals surface area (Å²) in [5, 5.41) is 6.42. The Balaban J connectivity index is 1.41. The van der Waals surface area contributed by atoms with Crippen molar-refractivity contribution in [2.75, 3.05) is 54.6 Å². The van der Waals surface area contributed by atoms with Crippen molar-refractivity contribution in [1.29, 1.82) is 0 Å². The smallest absolute Gasteiger partial charge is 0.415 e. The van der Waals surface area contributed by atoms with Crippen LogP contribution in [0.4, 0.5) is 36.0 Å². The van der Waals surface area contributed by atoms with Gasteiger partial charge in [0.1, 0.15) is 24.8 Å². The lowest BCUT2D eigenvalue weighted by Gasteiger charge is -2.23. The summed E-state index contributed by atoms with van der Waals surface area (Å²) in [6.45, 7) is 0.273. The van der Waals surface area contributed by atoms with Crippen LogP contribution in [0, 0.1) is 5.82 Å². The summed E-state index contributed by atoms with van der Waals surface area (Å²) >= 11 is 17.0. The molecule has 3 heterocycles. The van der Waals surface area contributed by atoms with Crippen LogP contribution in [0.5, 0.6) is 0 Å². The van der Waals surface area contributed by atoms with Gasteiger partial charge in [-0.2, -0.15) is 0 Å². The van der Waals surface area contributed by atoms with Crippen molar-refractivity contribution < 1.29 is 37.5 Å². The second-order valence-electron chi connectivity index (χ2n) is 8.46. The number of benzene rings is 1. The van der Waals surface area contributed by atoms with E-state index >= 15 is 4.39 Å². The molecule has 0 saturated carbocycles. The normalized spacial score (nSPS) is 19.3. The predicted molar refractivity (Wildman–Crippen MR) is 136 cm³/mol. The van der Waals surface area contributed by atoms with E-state index in [9.17, 15) is 14.4 Å². The number of cyclic esters (lactones) is 1. The minimum Gasteiger partial charge on any atom is -0.453 e. The van der Waals surface area contributed by atoms with E-state index < -0.39 is 40.6 Å². The molecule has 206 valence electrons. The molecule has 2 saturated heterocycles. The van der Waals surface area contributed by atoms with Crippen LogP contribution >= 0.6 is 34.8 Å². The first kappa shape index (κ1) is 27.9. The second kappa shape index (κ2) is 11.7. The number of hydrogen-bond acceptors (Lipinski definition) is 9. The van der Waals surface area contributed by atoms with Crippen molar-refractivity contribution in [1.82, 2.24) is 10.5 Å². The Morgan fingerprint density at radius 2 is 2.08 bits per heavy atom. The molecule has 0 bridgehead atoms. The maximum atomic E-state index is 15.1. The number of carbonyl (C=O) groups is 3. The van der Waals surface area contributed by atoms with Gasteiger partial charge in [0.05, 0.1) is 37.6 Å². The van der Waals surface area contributed by atoms with Gasteiger partial charge in [-0.15, -0.1) is 0 Å². The van der Waals surface area contributed by atoms with Gasteiger partial charge in [0.15, 0.2) is 5.82 Å². The molecule has 1 aromatic heterocycles. The first-order valence-corrected chi connectivity index (χ1v) is 12.5. The summed E-state index contributed by atoms with van der Waals surface area (Å²) in [5.41, 5.74) is 0.606. The monoisotopic (exact) mass is 593 g/mol. The van der Waals surface area contributed by atoms with Gasteiger partial charge in [-0.05, 0) is 24.6 Å². The third kappa shape index (κ3) is 6.83. The third-order valence-corrected chi connectivity index (χ3v) is 6.15. The number of anilines is 3. The van der Waals surface area contributed by atoms with Crippen LogP contribution in [-0.2, 0) is 14.2 Å². The molecule has 2 atom stereocenters. The van der Waals surface area contributed by atoms with E-state index in [-0.39, 0.29) is 30.6 Å². The van der Waals surface area contributed by atoms with Crippen LogP contribution in [0.1, 0.15) is 6.42 Å². The summed E-state index contributed by atoms with van der Waals surface area (Å²) in [6, 6.07) is 5.60. The number of alkyl carbamates (subject to hydrolysis) is 1. The molecule has 1 N–H and O–H groups in total. The molecule has 4 rings (SSSR count). The van der Waals surface area contributed by atoms with Gasteiger partial charge >= 0.3 is 18.3 Å². The first-order valence-electron chi connectivity index (χ1n) is 11.3. The van der Waals surface area contributed by atoms with E-state index in [1.54, 1.807) is 17.0 Å². The zero-order chi connectivity index (χ0) is 27.4. The highest BCUT2D eigenvalue weighted by Crippen LogP contribution is 2.31. The number of alkyl halides is 3. The van der Waals surface area contributed by atoms with Crippen molar-refractivity contribution in [2.45, 2.75) is 22.4 Å². The molecule has 2 aliphatic heterocycles. The highest BCUT2D eigenvalue weighted by atomic mass is 35.6. The van der Waals surface area contributed by atoms with Crippen LogP contribution in [-0.4, -0.2) is 79.3 Å². The van der Waals surface area contributed by atoms with Gasteiger partial charge in [-0.1, -0.05) is 40.0 Å². The predicted octanol–water partition coefficient (Wildman–Crippen LogP) is 4.09. The van der Waals surface area contributed by atoms with Crippen LogP contribution < -0.4 is 20.0 Å². The van der Waals surface area contributed by atoms with E-state index in [0.29, 0.717) is 25.2 Å². The van der Waals surface area contributed by atoms with Gasteiger partial charge in [0.25, 0.3) is 0 Å². The second-order valence-corrected chi connectivity index (χ2v) is 11.0. The number of nitrogens with one attached hydrogen (secondary N) is 1. The Morgan fingerprint density at radius 1 is 1.29 bits per heavy atom. The van der Waals surface area contributed by atoms with Crippen LogP contribution in [0.15, 0.2) is 35.1 Å². The van der Waals surface area contributed by atoms with Gasteiger partial charge in [0.2, 0.25) is 3.79 Å². The molecule has 0 spiro atoms. The number of carbonyl (C=O) groups excluding carboxylic acids is 3. The molecule has 2 fully saturated rings. The molecule has 0 aliphatic carbocycles. The number of nitrogens with zero attached hydrogens (tertiary/aromatic N) is 4. The zero-order valence-electron chi connectivity index (χ0n) is 19.9. The lowest BCUT2D eigenvalue weighted by molar-refractivity contribution is 0.133. The Labute approximate surface area is 231 Å². The molecule has 2 aliphatic rings. The third-order valence-electron chi connectivity index (χ3n) is 5.82. The Bertz CT molecular complexity index is 1170. The Kier molecular flexibility index (Phi) is 8.58. The Morgan fingerprint density at radius 3 is 2.74 bits per heavy atom. The van der Waals surface area contributed by atoms with E-state index in [4.69, 9.17) is 48.8 Å². The lowest BCUT2D eigenvalue weighted by atomic mass is 10.2. The van der Waals surface area contributed by atoms with Gasteiger partial charge in [-0.25, -0.2) is 18.8 Å². The number of amides is 3. The molecule has 1 aromatic carbocycles. The molecule has 0 radical (unpaired) electrons. The van der Waals surface area contributed by atoms with Crippen LogP contribution in [0.2, 0.25) is 0 Å². The number of rotatable bonds is 7. The fourth-order valence-electron chi connectivity index (χ4n) is 4.10. The van der Waals surface area contributed by atoms with E-state index in [1.165, 1.54) is 30.4 Å². The standard InChI is InChI=1S/C22H23Cl3FN5O7/c1-35-19(32)27-13-4-6-29(9-13)17-3-2-14(8-16(17)26)30-10-15(38-21(30)34)11-31(18-5-7-37-28-18)20(33)36-12-22(23,24)25/h2-3,5,7-8,13,15H,4,6,9-12H2,1H3,(H,27,32)/t13-,15-/m1/s1. The number of aromatic nitrogens is 1. The van der Waals surface area contributed by atoms with E-state index in [1.807, 2.05) is 0 Å². The molecule has 16 heteroatoms. The largest absolute Gasteiger partial charge is 0.453 e. The molecular weight excluding hydrogens is 572 g/mol. The maximum absolute atomic E-state index is 15.1. The summed E-state index contributed by atoms with van der Waals surface area (Å²) in [4.78, 5) is 40.8. The number of halogens is 4. The average molecular weight is 595 g/mol. The van der Waals surface area contributed by atoms with Crippen molar-refractivity contribution in [2.24, 2.45) is 0 Å². The highest BCUT2D eigenvalue weighted by Gasteiger charge is 2.37. The summed E-state index contributed by atoms with van der Waals surface area (Å²) in [6.07, 6.45) is -1.11. The number of ether oxygens (including phenoxy) is 3. The van der Waals surface area contributed by atoms with E-state index in [0.717, 1.165) is 4.90 Å². The SMILES string of the molecule is COC(=O)N[C@@H]1CCN(c2ccc(N3C[C@H](CN(C(=O)OCC(Cl)(Cl)Cl)c4ccon4)OC3=O)cc2F)C1. The fourth-order valence-corrected chi connectivity index (χ4v) is 4.27. The maximum Gasteiger partial charge on any atom is 0.415 e. The molecule has 38 heavy (non-hydrogen) atoms. The van der Waals surface area contributed by atoms with Gasteiger partial charge < -0.3 is 29.0 Å². The quantitative estimate of drug-likeness (QED) is 0.373. The summed E-state index contributed by atoms with van der Waals surface area (Å²) < 4.78 is 33.1. The van der Waals surface area contributed by atoms with Crippen LogP contribution in [0.25, 0.3) is 0 Å². The lowest BCUT2D eigenvalue weighted by Crippen LogP contribution is -2.40. The summed E-state index contributed by atoms with van der Waals surface area (Å²) in [7, 11) is 1.28. The minimum absolute atomic E-state index is 0.0124. The van der Waals surface area contributed by atoms with Crippen molar-refractivity contribution in [3.63, 3.8) is 0 Å². The molecule has 0 unspecified atom stereocenters. The van der Waals surface area contributed by atoms with Crippen molar-refractivity contribution >= 4 is 70.3 Å².